The van der Waals surface area contributed by atoms with Gasteiger partial charge in [-0.3, -0.25) is 0 Å². The molecule has 1 heterocycles. The summed E-state index contributed by atoms with van der Waals surface area (Å²) in [4.78, 5) is 0. The predicted octanol–water partition coefficient (Wildman–Crippen LogP) is 3.92. The molecule has 0 aliphatic carbocycles. The lowest BCUT2D eigenvalue weighted by Crippen LogP contribution is -1.93. The highest BCUT2D eigenvalue weighted by atomic mass is 79.9. The molecule has 1 aromatic heterocycles. The van der Waals surface area contributed by atoms with E-state index in [1.165, 1.54) is 6.26 Å². The normalized spacial score (nSPS) is 11.2. The van der Waals surface area contributed by atoms with Gasteiger partial charge in [0.1, 0.15) is 0 Å². The molecule has 0 amide bonds. The molecule has 0 saturated carbocycles. The summed E-state index contributed by atoms with van der Waals surface area (Å²) in [5.74, 6) is -3.98. The molecule has 2 rings (SSSR count). The molecule has 0 aliphatic rings. The quantitative estimate of drug-likeness (QED) is 0.519. The Kier molecular flexibility index (Phi) is 2.06. The van der Waals surface area contributed by atoms with Gasteiger partial charge < -0.3 is 4.42 Å². The number of aryl methyl sites for hydroxylation is 1. The van der Waals surface area contributed by atoms with Crippen LogP contribution in [0, 0.1) is 24.4 Å². The molecule has 0 fully saturated rings. The van der Waals surface area contributed by atoms with Crippen molar-refractivity contribution in [2.24, 2.45) is 0 Å². The standard InChI is InChI=1S/C9H4BrF3O/c1-3-2-14-9-4(3)6(11)8(13)7(12)5(9)10/h2H,1H3. The number of rotatable bonds is 0. The maximum absolute atomic E-state index is 13.2. The van der Waals surface area contributed by atoms with E-state index in [-0.39, 0.29) is 15.4 Å². The molecule has 1 aromatic carbocycles. The van der Waals surface area contributed by atoms with E-state index in [0.717, 1.165) is 0 Å². The lowest BCUT2D eigenvalue weighted by atomic mass is 10.2. The van der Waals surface area contributed by atoms with Gasteiger partial charge in [-0.25, -0.2) is 13.2 Å². The van der Waals surface area contributed by atoms with Crippen LogP contribution in [0.4, 0.5) is 13.2 Å². The van der Waals surface area contributed by atoms with Gasteiger partial charge in [-0.2, -0.15) is 0 Å². The third-order valence-corrected chi connectivity index (χ3v) is 2.68. The molecule has 0 radical (unpaired) electrons. The molecule has 74 valence electrons. The Hall–Kier alpha value is -0.970. The van der Waals surface area contributed by atoms with E-state index in [9.17, 15) is 13.2 Å². The van der Waals surface area contributed by atoms with Crippen molar-refractivity contribution in [3.63, 3.8) is 0 Å². The molecular formula is C9H4BrF3O. The Bertz CT molecular complexity index is 518. The summed E-state index contributed by atoms with van der Waals surface area (Å²) in [6.45, 7) is 1.55. The molecule has 2 aromatic rings. The smallest absolute Gasteiger partial charge is 0.196 e. The Balaban J connectivity index is 3.05. The number of benzene rings is 1. The fourth-order valence-corrected chi connectivity index (χ4v) is 1.75. The molecule has 0 atom stereocenters. The van der Waals surface area contributed by atoms with E-state index in [2.05, 4.69) is 15.9 Å². The van der Waals surface area contributed by atoms with Crippen molar-refractivity contribution in [2.75, 3.05) is 0 Å². The molecule has 0 saturated heterocycles. The number of hydrogen-bond acceptors (Lipinski definition) is 1. The second-order valence-electron chi connectivity index (χ2n) is 2.88. The second-order valence-corrected chi connectivity index (χ2v) is 3.67. The van der Waals surface area contributed by atoms with Crippen LogP contribution in [0.2, 0.25) is 0 Å². The van der Waals surface area contributed by atoms with Crippen LogP contribution >= 0.6 is 15.9 Å². The van der Waals surface area contributed by atoms with Gasteiger partial charge in [0.05, 0.1) is 16.1 Å². The minimum atomic E-state index is -1.49. The van der Waals surface area contributed by atoms with E-state index < -0.39 is 17.5 Å². The van der Waals surface area contributed by atoms with E-state index in [1.807, 2.05) is 0 Å². The Morgan fingerprint density at radius 1 is 1.14 bits per heavy atom. The van der Waals surface area contributed by atoms with E-state index in [0.29, 0.717) is 5.56 Å². The monoisotopic (exact) mass is 264 g/mol. The topological polar surface area (TPSA) is 13.1 Å². The third kappa shape index (κ3) is 1.08. The molecule has 0 spiro atoms. The Morgan fingerprint density at radius 2 is 1.79 bits per heavy atom. The highest BCUT2D eigenvalue weighted by Crippen LogP contribution is 2.34. The summed E-state index contributed by atoms with van der Waals surface area (Å²) in [6, 6.07) is 0. The summed E-state index contributed by atoms with van der Waals surface area (Å²) in [5, 5.41) is -0.0317. The van der Waals surface area contributed by atoms with Gasteiger partial charge in [0.15, 0.2) is 23.0 Å². The Labute approximate surface area is 85.6 Å². The average molecular weight is 265 g/mol. The predicted molar refractivity (Wildman–Crippen MR) is 48.5 cm³/mol. The summed E-state index contributed by atoms with van der Waals surface area (Å²) in [7, 11) is 0. The molecule has 5 heteroatoms. The minimum Gasteiger partial charge on any atom is -0.463 e. The van der Waals surface area contributed by atoms with Crippen LogP contribution in [0.5, 0.6) is 0 Å². The number of fused-ring (bicyclic) bond motifs is 1. The maximum atomic E-state index is 13.2. The minimum absolute atomic E-state index is 0.0149. The van der Waals surface area contributed by atoms with Crippen molar-refractivity contribution in [1.82, 2.24) is 0 Å². The van der Waals surface area contributed by atoms with Crippen LogP contribution in [0.25, 0.3) is 11.0 Å². The molecule has 0 N–H and O–H groups in total. The number of halogens is 4. The van der Waals surface area contributed by atoms with Crippen molar-refractivity contribution >= 4 is 26.9 Å². The van der Waals surface area contributed by atoms with Crippen LogP contribution in [-0.2, 0) is 0 Å². The zero-order chi connectivity index (χ0) is 10.5. The van der Waals surface area contributed by atoms with Crippen molar-refractivity contribution in [2.45, 2.75) is 6.92 Å². The lowest BCUT2D eigenvalue weighted by Gasteiger charge is -2.00. The first-order valence-corrected chi connectivity index (χ1v) is 4.53. The van der Waals surface area contributed by atoms with Gasteiger partial charge in [-0.15, -0.1) is 0 Å². The van der Waals surface area contributed by atoms with Gasteiger partial charge >= 0.3 is 0 Å². The van der Waals surface area contributed by atoms with E-state index >= 15 is 0 Å². The van der Waals surface area contributed by atoms with Crippen LogP contribution in [0.3, 0.4) is 0 Å². The maximum Gasteiger partial charge on any atom is 0.196 e. The largest absolute Gasteiger partial charge is 0.463 e. The second kappa shape index (κ2) is 3.02. The average Bonchev–Trinajstić information content (AvgIpc) is 2.54. The highest BCUT2D eigenvalue weighted by Gasteiger charge is 2.22. The first kappa shape index (κ1) is 9.58. The summed E-state index contributed by atoms with van der Waals surface area (Å²) in [6.07, 6.45) is 1.25. The summed E-state index contributed by atoms with van der Waals surface area (Å²) in [5.41, 5.74) is 0.413. The van der Waals surface area contributed by atoms with Gasteiger partial charge in [0.2, 0.25) is 0 Å². The first-order chi connectivity index (χ1) is 6.54. The SMILES string of the molecule is Cc1coc2c(Br)c(F)c(F)c(F)c12. The Morgan fingerprint density at radius 3 is 2.43 bits per heavy atom. The summed E-state index contributed by atoms with van der Waals surface area (Å²) < 4.78 is 43.9. The van der Waals surface area contributed by atoms with Crippen molar-refractivity contribution in [1.29, 1.82) is 0 Å². The number of hydrogen-bond donors (Lipinski definition) is 0. The number of furan rings is 1. The fourth-order valence-electron chi connectivity index (χ4n) is 1.28. The molecule has 0 aliphatic heterocycles. The zero-order valence-electron chi connectivity index (χ0n) is 7.00. The summed E-state index contributed by atoms with van der Waals surface area (Å²) >= 11 is 2.80. The van der Waals surface area contributed by atoms with Crippen LogP contribution in [0.15, 0.2) is 15.2 Å². The molecule has 0 unspecified atom stereocenters. The van der Waals surface area contributed by atoms with E-state index in [1.54, 1.807) is 6.92 Å². The van der Waals surface area contributed by atoms with Crippen molar-refractivity contribution < 1.29 is 17.6 Å². The van der Waals surface area contributed by atoms with Gasteiger partial charge in [-0.1, -0.05) is 0 Å². The molecule has 14 heavy (non-hydrogen) atoms. The van der Waals surface area contributed by atoms with Gasteiger partial charge in [-0.05, 0) is 28.4 Å². The third-order valence-electron chi connectivity index (χ3n) is 1.97. The zero-order valence-corrected chi connectivity index (χ0v) is 8.58. The lowest BCUT2D eigenvalue weighted by molar-refractivity contribution is 0.448. The molecule has 1 nitrogen and oxygen atoms in total. The van der Waals surface area contributed by atoms with Crippen molar-refractivity contribution in [3.05, 3.63) is 33.8 Å². The molecular weight excluding hydrogens is 261 g/mol. The highest BCUT2D eigenvalue weighted by molar-refractivity contribution is 9.10. The first-order valence-electron chi connectivity index (χ1n) is 3.73. The van der Waals surface area contributed by atoms with Gasteiger partial charge in [0.25, 0.3) is 0 Å². The van der Waals surface area contributed by atoms with Crippen LogP contribution in [0.1, 0.15) is 5.56 Å². The fraction of sp³-hybridized carbons (Fsp3) is 0.111. The van der Waals surface area contributed by atoms with Crippen LogP contribution in [-0.4, -0.2) is 0 Å². The van der Waals surface area contributed by atoms with E-state index in [4.69, 9.17) is 4.42 Å². The van der Waals surface area contributed by atoms with Crippen molar-refractivity contribution in [3.8, 4) is 0 Å². The van der Waals surface area contributed by atoms with Crippen LogP contribution < -0.4 is 0 Å². The molecule has 0 bridgehead atoms. The van der Waals surface area contributed by atoms with Gasteiger partial charge in [0, 0.05) is 0 Å².